The van der Waals surface area contributed by atoms with Crippen LogP contribution in [0.2, 0.25) is 0 Å². The first kappa shape index (κ1) is 13.0. The number of rotatable bonds is 7. The molecule has 0 bridgehead atoms. The van der Waals surface area contributed by atoms with Crippen molar-refractivity contribution < 1.29 is 0 Å². The lowest BCUT2D eigenvalue weighted by molar-refractivity contribution is 0.499. The van der Waals surface area contributed by atoms with Gasteiger partial charge in [0.1, 0.15) is 0 Å². The Labute approximate surface area is 99.6 Å². The molecule has 0 aromatic heterocycles. The molecule has 88 valence electrons. The third-order valence-electron chi connectivity index (χ3n) is 2.95. The van der Waals surface area contributed by atoms with E-state index in [1.807, 2.05) is 6.08 Å². The van der Waals surface area contributed by atoms with Crippen molar-refractivity contribution >= 4 is 0 Å². The van der Waals surface area contributed by atoms with Gasteiger partial charge in [-0.3, -0.25) is 0 Å². The second kappa shape index (κ2) is 7.24. The van der Waals surface area contributed by atoms with Crippen LogP contribution in [-0.4, -0.2) is 6.04 Å². The van der Waals surface area contributed by atoms with Gasteiger partial charge in [-0.15, -0.1) is 6.58 Å². The van der Waals surface area contributed by atoms with Crippen molar-refractivity contribution in [3.63, 3.8) is 0 Å². The molecule has 0 amide bonds. The highest BCUT2D eigenvalue weighted by Crippen LogP contribution is 2.08. The molecule has 1 aromatic carbocycles. The fourth-order valence-corrected chi connectivity index (χ4v) is 1.76. The third-order valence-corrected chi connectivity index (χ3v) is 2.95. The molecule has 0 aliphatic heterocycles. The molecule has 1 heteroatoms. The van der Waals surface area contributed by atoms with Gasteiger partial charge in [-0.25, -0.2) is 0 Å². The molecule has 0 heterocycles. The van der Waals surface area contributed by atoms with Crippen LogP contribution in [0.25, 0.3) is 0 Å². The van der Waals surface area contributed by atoms with Crippen LogP contribution in [0.15, 0.2) is 36.9 Å². The molecule has 1 rings (SSSR count). The van der Waals surface area contributed by atoms with Crippen molar-refractivity contribution in [2.45, 2.75) is 45.7 Å². The molecular formula is C15H23N. The maximum Gasteiger partial charge on any atom is 0.0210 e. The highest BCUT2D eigenvalue weighted by molar-refractivity contribution is 5.25. The van der Waals surface area contributed by atoms with Gasteiger partial charge in [0, 0.05) is 12.6 Å². The Hall–Kier alpha value is -1.08. The van der Waals surface area contributed by atoms with Crippen LogP contribution in [0.3, 0.4) is 0 Å². The molecule has 16 heavy (non-hydrogen) atoms. The summed E-state index contributed by atoms with van der Waals surface area (Å²) in [5, 5.41) is 3.56. The number of hydrogen-bond donors (Lipinski definition) is 1. The van der Waals surface area contributed by atoms with Gasteiger partial charge < -0.3 is 5.32 Å². The van der Waals surface area contributed by atoms with E-state index in [1.54, 1.807) is 0 Å². The molecule has 0 fully saturated rings. The standard InChI is InChI=1S/C15H23N/c1-4-5-6-10-14(3)16-12-15-11-8-7-9-13(15)2/h4,7-9,11,14,16H,1,5-6,10,12H2,2-3H3. The third kappa shape index (κ3) is 4.63. The fraction of sp³-hybridized carbons (Fsp3) is 0.467. The molecule has 1 unspecified atom stereocenters. The Bertz CT molecular complexity index is 317. The van der Waals surface area contributed by atoms with Crippen molar-refractivity contribution in [2.75, 3.05) is 0 Å². The monoisotopic (exact) mass is 217 g/mol. The Kier molecular flexibility index (Phi) is 5.87. The minimum Gasteiger partial charge on any atom is -0.310 e. The summed E-state index contributed by atoms with van der Waals surface area (Å²) in [5.74, 6) is 0. The van der Waals surface area contributed by atoms with E-state index < -0.39 is 0 Å². The normalized spacial score (nSPS) is 12.4. The van der Waals surface area contributed by atoms with Crippen LogP contribution >= 0.6 is 0 Å². The van der Waals surface area contributed by atoms with Gasteiger partial charge in [0.25, 0.3) is 0 Å². The zero-order chi connectivity index (χ0) is 11.8. The SMILES string of the molecule is C=CCCCC(C)NCc1ccccc1C. The van der Waals surface area contributed by atoms with E-state index in [1.165, 1.54) is 24.0 Å². The largest absolute Gasteiger partial charge is 0.310 e. The van der Waals surface area contributed by atoms with Crippen molar-refractivity contribution in [2.24, 2.45) is 0 Å². The van der Waals surface area contributed by atoms with Gasteiger partial charge in [0.15, 0.2) is 0 Å². The first-order valence-corrected chi connectivity index (χ1v) is 6.13. The van der Waals surface area contributed by atoms with Gasteiger partial charge in [-0.2, -0.15) is 0 Å². The second-order valence-electron chi connectivity index (χ2n) is 4.43. The molecule has 1 aromatic rings. The zero-order valence-corrected chi connectivity index (χ0v) is 10.5. The van der Waals surface area contributed by atoms with E-state index in [-0.39, 0.29) is 0 Å². The topological polar surface area (TPSA) is 12.0 Å². The smallest absolute Gasteiger partial charge is 0.0210 e. The van der Waals surface area contributed by atoms with Gasteiger partial charge >= 0.3 is 0 Å². The molecular weight excluding hydrogens is 194 g/mol. The van der Waals surface area contributed by atoms with Crippen LogP contribution < -0.4 is 5.32 Å². The highest BCUT2D eigenvalue weighted by atomic mass is 14.9. The summed E-state index contributed by atoms with van der Waals surface area (Å²) >= 11 is 0. The van der Waals surface area contributed by atoms with Crippen LogP contribution in [0.1, 0.15) is 37.3 Å². The van der Waals surface area contributed by atoms with E-state index in [0.29, 0.717) is 6.04 Å². The number of unbranched alkanes of at least 4 members (excludes halogenated alkanes) is 1. The number of aryl methyl sites for hydroxylation is 1. The van der Waals surface area contributed by atoms with E-state index in [2.05, 4.69) is 50.0 Å². The maximum atomic E-state index is 3.74. The fourth-order valence-electron chi connectivity index (χ4n) is 1.76. The van der Waals surface area contributed by atoms with Crippen molar-refractivity contribution in [1.29, 1.82) is 0 Å². The predicted molar refractivity (Wildman–Crippen MR) is 71.5 cm³/mol. The molecule has 1 nitrogen and oxygen atoms in total. The first-order valence-electron chi connectivity index (χ1n) is 6.13. The lowest BCUT2D eigenvalue weighted by atomic mass is 10.1. The van der Waals surface area contributed by atoms with E-state index in [0.717, 1.165) is 13.0 Å². The highest BCUT2D eigenvalue weighted by Gasteiger charge is 2.02. The molecule has 0 radical (unpaired) electrons. The summed E-state index contributed by atoms with van der Waals surface area (Å²) in [7, 11) is 0. The summed E-state index contributed by atoms with van der Waals surface area (Å²) in [6.45, 7) is 9.13. The van der Waals surface area contributed by atoms with E-state index >= 15 is 0 Å². The number of hydrogen-bond acceptors (Lipinski definition) is 1. The maximum absolute atomic E-state index is 3.74. The molecule has 1 atom stereocenters. The second-order valence-corrected chi connectivity index (χ2v) is 4.43. The van der Waals surface area contributed by atoms with E-state index in [4.69, 9.17) is 0 Å². The quantitative estimate of drug-likeness (QED) is 0.540. The van der Waals surface area contributed by atoms with Crippen LogP contribution in [-0.2, 0) is 6.54 Å². The molecule has 1 N–H and O–H groups in total. The van der Waals surface area contributed by atoms with Crippen LogP contribution in [0.4, 0.5) is 0 Å². The molecule has 0 saturated carbocycles. The van der Waals surface area contributed by atoms with Crippen LogP contribution in [0, 0.1) is 6.92 Å². The van der Waals surface area contributed by atoms with Gasteiger partial charge in [0.05, 0.1) is 0 Å². The Balaban J connectivity index is 2.28. The molecule has 0 saturated heterocycles. The minimum atomic E-state index is 0.583. The molecule has 0 aliphatic carbocycles. The van der Waals surface area contributed by atoms with Gasteiger partial charge in [-0.1, -0.05) is 30.3 Å². The zero-order valence-electron chi connectivity index (χ0n) is 10.5. The Morgan fingerprint density at radius 3 is 2.81 bits per heavy atom. The summed E-state index contributed by atoms with van der Waals surface area (Å²) in [6, 6.07) is 9.14. The average Bonchev–Trinajstić information content (AvgIpc) is 2.28. The summed E-state index contributed by atoms with van der Waals surface area (Å²) in [6.07, 6.45) is 5.56. The number of nitrogens with one attached hydrogen (secondary N) is 1. The van der Waals surface area contributed by atoms with Gasteiger partial charge in [-0.05, 0) is 44.2 Å². The van der Waals surface area contributed by atoms with Crippen molar-refractivity contribution in [3.05, 3.63) is 48.0 Å². The number of allylic oxidation sites excluding steroid dienone is 1. The van der Waals surface area contributed by atoms with Crippen molar-refractivity contribution in [3.8, 4) is 0 Å². The summed E-state index contributed by atoms with van der Waals surface area (Å²) in [4.78, 5) is 0. The lowest BCUT2D eigenvalue weighted by Crippen LogP contribution is -2.25. The minimum absolute atomic E-state index is 0.583. The Morgan fingerprint density at radius 1 is 1.38 bits per heavy atom. The Morgan fingerprint density at radius 2 is 2.12 bits per heavy atom. The average molecular weight is 217 g/mol. The first-order chi connectivity index (χ1) is 7.74. The lowest BCUT2D eigenvalue weighted by Gasteiger charge is -2.14. The van der Waals surface area contributed by atoms with E-state index in [9.17, 15) is 0 Å². The van der Waals surface area contributed by atoms with Crippen molar-refractivity contribution in [1.82, 2.24) is 5.32 Å². The predicted octanol–water partition coefficient (Wildman–Crippen LogP) is 3.83. The van der Waals surface area contributed by atoms with Crippen LogP contribution in [0.5, 0.6) is 0 Å². The summed E-state index contributed by atoms with van der Waals surface area (Å²) in [5.41, 5.74) is 2.77. The van der Waals surface area contributed by atoms with Gasteiger partial charge in [0.2, 0.25) is 0 Å². The number of benzene rings is 1. The molecule has 0 aliphatic rings. The summed E-state index contributed by atoms with van der Waals surface area (Å²) < 4.78 is 0. The molecule has 0 spiro atoms.